The van der Waals surface area contributed by atoms with Crippen molar-refractivity contribution in [1.29, 1.82) is 0 Å². The lowest BCUT2D eigenvalue weighted by atomic mass is 10.2. The van der Waals surface area contributed by atoms with Gasteiger partial charge in [0.2, 0.25) is 0 Å². The predicted octanol–water partition coefficient (Wildman–Crippen LogP) is 3.27. The molecule has 0 aliphatic heterocycles. The summed E-state index contributed by atoms with van der Waals surface area (Å²) >= 11 is 0. The number of nitrogens with one attached hydrogen (secondary N) is 1. The minimum atomic E-state index is -0.251. The van der Waals surface area contributed by atoms with Gasteiger partial charge < -0.3 is 10.2 Å². The number of benzene rings is 1. The quantitative estimate of drug-likeness (QED) is 0.794. The first-order valence-corrected chi connectivity index (χ1v) is 7.31. The van der Waals surface area contributed by atoms with E-state index in [-0.39, 0.29) is 5.82 Å². The molecule has 2 aromatic rings. The van der Waals surface area contributed by atoms with Crippen LogP contribution < -0.4 is 10.2 Å². The van der Waals surface area contributed by atoms with Gasteiger partial charge in [0.15, 0.2) is 5.82 Å². The molecule has 5 heteroatoms. The zero-order valence-electron chi connectivity index (χ0n) is 12.5. The number of nitrogens with zero attached hydrogens (tertiary/aromatic N) is 3. The minimum absolute atomic E-state index is 0.251. The summed E-state index contributed by atoms with van der Waals surface area (Å²) in [5.41, 5.74) is 1.69. The van der Waals surface area contributed by atoms with E-state index in [0.29, 0.717) is 13.1 Å². The molecule has 1 heterocycles. The molecule has 0 amide bonds. The normalized spacial score (nSPS) is 10.6. The first-order valence-electron chi connectivity index (χ1n) is 7.31. The fourth-order valence-electron chi connectivity index (χ4n) is 2.11. The second-order valence-electron chi connectivity index (χ2n) is 4.78. The molecule has 0 bridgehead atoms. The third kappa shape index (κ3) is 4.23. The Kier molecular flexibility index (Phi) is 5.63. The Hall–Kier alpha value is -2.01. The van der Waals surface area contributed by atoms with Gasteiger partial charge in [-0.3, -0.25) is 0 Å². The maximum atomic E-state index is 13.3. The van der Waals surface area contributed by atoms with Gasteiger partial charge in [-0.05, 0) is 50.2 Å². The number of hydrogen-bond acceptors (Lipinski definition) is 4. The van der Waals surface area contributed by atoms with Gasteiger partial charge in [0.05, 0.1) is 5.69 Å². The zero-order valence-corrected chi connectivity index (χ0v) is 12.5. The van der Waals surface area contributed by atoms with Gasteiger partial charge in [0.1, 0.15) is 5.82 Å². The van der Waals surface area contributed by atoms with Crippen molar-refractivity contribution in [3.63, 3.8) is 0 Å². The maximum Gasteiger partial charge on any atom is 0.155 e. The van der Waals surface area contributed by atoms with E-state index in [4.69, 9.17) is 0 Å². The van der Waals surface area contributed by atoms with Crippen LogP contribution in [0, 0.1) is 5.82 Å². The van der Waals surface area contributed by atoms with Crippen LogP contribution in [-0.4, -0.2) is 23.3 Å². The van der Waals surface area contributed by atoms with E-state index in [1.807, 2.05) is 30.0 Å². The first kappa shape index (κ1) is 15.4. The average molecular weight is 288 g/mol. The molecule has 112 valence electrons. The predicted molar refractivity (Wildman–Crippen MR) is 83.1 cm³/mol. The molecule has 1 aromatic carbocycles. The lowest BCUT2D eigenvalue weighted by Gasteiger charge is -2.21. The highest BCUT2D eigenvalue weighted by Gasteiger charge is 2.10. The zero-order chi connectivity index (χ0) is 15.1. The van der Waals surface area contributed by atoms with Gasteiger partial charge in [-0.15, -0.1) is 5.10 Å². The lowest BCUT2D eigenvalue weighted by Crippen LogP contribution is -2.19. The van der Waals surface area contributed by atoms with Crippen LogP contribution in [0.15, 0.2) is 36.4 Å². The van der Waals surface area contributed by atoms with Crippen LogP contribution in [0.4, 0.5) is 15.9 Å². The monoisotopic (exact) mass is 288 g/mol. The van der Waals surface area contributed by atoms with E-state index in [1.165, 1.54) is 12.1 Å². The maximum absolute atomic E-state index is 13.3. The van der Waals surface area contributed by atoms with Crippen LogP contribution in [0.2, 0.25) is 0 Å². The Morgan fingerprint density at radius 3 is 2.62 bits per heavy atom. The van der Waals surface area contributed by atoms with Crippen molar-refractivity contribution < 1.29 is 4.39 Å². The van der Waals surface area contributed by atoms with E-state index in [9.17, 15) is 4.39 Å². The van der Waals surface area contributed by atoms with Gasteiger partial charge in [0, 0.05) is 18.8 Å². The van der Waals surface area contributed by atoms with Crippen molar-refractivity contribution >= 4 is 11.5 Å². The number of aromatic nitrogens is 2. The molecule has 0 fully saturated rings. The Bertz CT molecular complexity index is 556. The van der Waals surface area contributed by atoms with Crippen molar-refractivity contribution in [2.24, 2.45) is 0 Å². The summed E-state index contributed by atoms with van der Waals surface area (Å²) in [7, 11) is 0. The van der Waals surface area contributed by atoms with Crippen molar-refractivity contribution in [1.82, 2.24) is 15.5 Å². The van der Waals surface area contributed by atoms with Crippen molar-refractivity contribution in [3.8, 4) is 0 Å². The molecule has 1 aromatic heterocycles. The van der Waals surface area contributed by atoms with E-state index in [2.05, 4.69) is 22.4 Å². The van der Waals surface area contributed by atoms with Crippen LogP contribution in [0.1, 0.15) is 26.0 Å². The van der Waals surface area contributed by atoms with E-state index in [0.717, 1.165) is 30.2 Å². The van der Waals surface area contributed by atoms with Crippen LogP contribution >= 0.6 is 0 Å². The van der Waals surface area contributed by atoms with E-state index >= 15 is 0 Å². The summed E-state index contributed by atoms with van der Waals surface area (Å²) in [6.07, 6.45) is 1.09. The number of hydrogen-bond donors (Lipinski definition) is 1. The molecule has 0 unspecified atom stereocenters. The van der Waals surface area contributed by atoms with Gasteiger partial charge in [-0.1, -0.05) is 13.0 Å². The second kappa shape index (κ2) is 7.69. The molecule has 0 aliphatic rings. The number of anilines is 2. The molecule has 0 radical (unpaired) electrons. The number of halogens is 1. The summed E-state index contributed by atoms with van der Waals surface area (Å²) in [5, 5.41) is 11.8. The van der Waals surface area contributed by atoms with Crippen LogP contribution in [-0.2, 0) is 6.54 Å². The standard InChI is InChI=1S/C16H21FN4/c1-3-10-18-12-14-8-9-16(20-19-14)21(4-2)15-7-5-6-13(17)11-15/h5-9,11,18H,3-4,10,12H2,1-2H3. The molecule has 2 rings (SSSR count). The van der Waals surface area contributed by atoms with Gasteiger partial charge in [-0.25, -0.2) is 4.39 Å². The fourth-order valence-corrected chi connectivity index (χ4v) is 2.11. The van der Waals surface area contributed by atoms with Crippen LogP contribution in [0.3, 0.4) is 0 Å². The minimum Gasteiger partial charge on any atom is -0.325 e. The number of rotatable bonds is 7. The smallest absolute Gasteiger partial charge is 0.155 e. The van der Waals surface area contributed by atoms with E-state index in [1.54, 1.807) is 6.07 Å². The Balaban J connectivity index is 2.12. The van der Waals surface area contributed by atoms with Crippen molar-refractivity contribution in [2.75, 3.05) is 18.0 Å². The SMILES string of the molecule is CCCNCc1ccc(N(CC)c2cccc(F)c2)nn1. The summed E-state index contributed by atoms with van der Waals surface area (Å²) in [6, 6.07) is 10.4. The molecule has 1 N–H and O–H groups in total. The Morgan fingerprint density at radius 2 is 2.00 bits per heavy atom. The second-order valence-corrected chi connectivity index (χ2v) is 4.78. The van der Waals surface area contributed by atoms with Gasteiger partial charge in [0.25, 0.3) is 0 Å². The highest BCUT2D eigenvalue weighted by Crippen LogP contribution is 2.23. The van der Waals surface area contributed by atoms with Gasteiger partial charge >= 0.3 is 0 Å². The third-order valence-electron chi connectivity index (χ3n) is 3.15. The average Bonchev–Trinajstić information content (AvgIpc) is 2.50. The summed E-state index contributed by atoms with van der Waals surface area (Å²) in [4.78, 5) is 1.93. The Labute approximate surface area is 125 Å². The molecule has 0 spiro atoms. The van der Waals surface area contributed by atoms with Gasteiger partial charge in [-0.2, -0.15) is 5.10 Å². The van der Waals surface area contributed by atoms with Crippen LogP contribution in [0.25, 0.3) is 0 Å². The van der Waals surface area contributed by atoms with Crippen LogP contribution in [0.5, 0.6) is 0 Å². The highest BCUT2D eigenvalue weighted by atomic mass is 19.1. The third-order valence-corrected chi connectivity index (χ3v) is 3.15. The molecule has 0 aliphatic carbocycles. The molecular weight excluding hydrogens is 267 g/mol. The summed E-state index contributed by atoms with van der Waals surface area (Å²) in [5.74, 6) is 0.474. The lowest BCUT2D eigenvalue weighted by molar-refractivity contribution is 0.627. The van der Waals surface area contributed by atoms with Crippen molar-refractivity contribution in [2.45, 2.75) is 26.8 Å². The summed E-state index contributed by atoms with van der Waals surface area (Å²) in [6.45, 7) is 6.51. The highest BCUT2D eigenvalue weighted by molar-refractivity contribution is 5.59. The largest absolute Gasteiger partial charge is 0.325 e. The van der Waals surface area contributed by atoms with Crippen molar-refractivity contribution in [3.05, 3.63) is 47.9 Å². The molecule has 0 saturated heterocycles. The molecule has 4 nitrogen and oxygen atoms in total. The fraction of sp³-hybridized carbons (Fsp3) is 0.375. The molecule has 21 heavy (non-hydrogen) atoms. The topological polar surface area (TPSA) is 41.0 Å². The molecular formula is C16H21FN4. The first-order chi connectivity index (χ1) is 10.2. The van der Waals surface area contributed by atoms with E-state index < -0.39 is 0 Å². The molecule has 0 saturated carbocycles. The summed E-state index contributed by atoms with van der Waals surface area (Å²) < 4.78 is 13.3. The molecule has 0 atom stereocenters. The Morgan fingerprint density at radius 1 is 1.14 bits per heavy atom.